The fourth-order valence-electron chi connectivity index (χ4n) is 2.97. The molecule has 0 saturated heterocycles. The van der Waals surface area contributed by atoms with Gasteiger partial charge in [0.2, 0.25) is 0 Å². The smallest absolute Gasteiger partial charge is 0.123 e. The SMILES string of the molecule is Cc1c(C)c(C(C)(C)C)c(O)c(C(C)(C)C)c1C. The molecule has 0 aliphatic carbocycles. The number of phenolic OH excluding ortho intramolecular Hbond substituents is 1. The van der Waals surface area contributed by atoms with Crippen LogP contribution < -0.4 is 0 Å². The van der Waals surface area contributed by atoms with Gasteiger partial charge in [-0.05, 0) is 48.3 Å². The zero-order valence-electron chi connectivity index (χ0n) is 13.4. The van der Waals surface area contributed by atoms with Crippen LogP contribution >= 0.6 is 0 Å². The first-order valence-electron chi connectivity index (χ1n) is 6.72. The van der Waals surface area contributed by atoms with Crippen molar-refractivity contribution in [3.05, 3.63) is 27.8 Å². The van der Waals surface area contributed by atoms with E-state index in [2.05, 4.69) is 62.3 Å². The van der Waals surface area contributed by atoms with E-state index in [4.69, 9.17) is 0 Å². The van der Waals surface area contributed by atoms with Crippen molar-refractivity contribution in [1.29, 1.82) is 0 Å². The van der Waals surface area contributed by atoms with Gasteiger partial charge in [0.15, 0.2) is 0 Å². The molecule has 0 radical (unpaired) electrons. The molecule has 0 aromatic heterocycles. The van der Waals surface area contributed by atoms with E-state index in [1.54, 1.807) is 0 Å². The van der Waals surface area contributed by atoms with Crippen LogP contribution in [0.2, 0.25) is 0 Å². The third kappa shape index (κ3) is 2.41. The summed E-state index contributed by atoms with van der Waals surface area (Å²) in [5.74, 6) is 0.496. The zero-order valence-corrected chi connectivity index (χ0v) is 13.4. The van der Waals surface area contributed by atoms with Crippen molar-refractivity contribution in [2.24, 2.45) is 0 Å². The van der Waals surface area contributed by atoms with Crippen LogP contribution in [-0.4, -0.2) is 5.11 Å². The second kappa shape index (κ2) is 4.29. The zero-order chi connectivity index (χ0) is 14.5. The monoisotopic (exact) mass is 248 g/mol. The number of rotatable bonds is 0. The Kier molecular flexibility index (Phi) is 3.60. The Labute approximate surface area is 112 Å². The molecular weight excluding hydrogens is 220 g/mol. The van der Waals surface area contributed by atoms with E-state index in [0.717, 1.165) is 11.1 Å². The van der Waals surface area contributed by atoms with E-state index in [0.29, 0.717) is 5.75 Å². The molecule has 1 heteroatoms. The molecule has 1 aromatic rings. The minimum Gasteiger partial charge on any atom is -0.507 e. The molecular formula is C17H28O. The van der Waals surface area contributed by atoms with Crippen molar-refractivity contribution in [1.82, 2.24) is 0 Å². The molecule has 0 spiro atoms. The topological polar surface area (TPSA) is 20.2 Å². The summed E-state index contributed by atoms with van der Waals surface area (Å²) in [5.41, 5.74) is 5.88. The molecule has 0 heterocycles. The third-order valence-electron chi connectivity index (χ3n) is 3.85. The molecule has 0 aliphatic rings. The summed E-state index contributed by atoms with van der Waals surface area (Å²) < 4.78 is 0. The molecule has 1 aromatic carbocycles. The van der Waals surface area contributed by atoms with Gasteiger partial charge in [0.05, 0.1) is 0 Å². The lowest BCUT2D eigenvalue weighted by Gasteiger charge is -2.32. The Morgan fingerprint density at radius 1 is 0.611 bits per heavy atom. The van der Waals surface area contributed by atoms with Gasteiger partial charge < -0.3 is 5.11 Å². The summed E-state index contributed by atoms with van der Waals surface area (Å²) in [6.45, 7) is 19.4. The maximum Gasteiger partial charge on any atom is 0.123 e. The van der Waals surface area contributed by atoms with Gasteiger partial charge in [-0.2, -0.15) is 0 Å². The summed E-state index contributed by atoms with van der Waals surface area (Å²) >= 11 is 0. The molecule has 0 saturated carbocycles. The molecule has 0 atom stereocenters. The molecule has 102 valence electrons. The first kappa shape index (κ1) is 15.1. The standard InChI is InChI=1S/C17H28O/c1-10-11(2)13(16(4,5)6)15(18)14(12(10)3)17(7,8)9/h18H,1-9H3. The molecule has 1 nitrogen and oxygen atoms in total. The number of phenols is 1. The Hall–Kier alpha value is -0.980. The minimum atomic E-state index is -0.0351. The lowest BCUT2D eigenvalue weighted by Crippen LogP contribution is -2.21. The summed E-state index contributed by atoms with van der Waals surface area (Å²) in [6.07, 6.45) is 0. The van der Waals surface area contributed by atoms with Gasteiger partial charge in [0.25, 0.3) is 0 Å². The summed E-state index contributed by atoms with van der Waals surface area (Å²) in [4.78, 5) is 0. The number of hydrogen-bond donors (Lipinski definition) is 1. The van der Waals surface area contributed by atoms with Gasteiger partial charge in [-0.3, -0.25) is 0 Å². The number of benzene rings is 1. The summed E-state index contributed by atoms with van der Waals surface area (Å²) in [7, 11) is 0. The first-order valence-corrected chi connectivity index (χ1v) is 6.72. The molecule has 0 bridgehead atoms. The highest BCUT2D eigenvalue weighted by Gasteiger charge is 2.30. The maximum absolute atomic E-state index is 10.7. The van der Waals surface area contributed by atoms with Gasteiger partial charge in [-0.15, -0.1) is 0 Å². The molecule has 0 fully saturated rings. The Morgan fingerprint density at radius 2 is 0.889 bits per heavy atom. The van der Waals surface area contributed by atoms with Gasteiger partial charge in [-0.25, -0.2) is 0 Å². The van der Waals surface area contributed by atoms with E-state index in [-0.39, 0.29) is 10.8 Å². The minimum absolute atomic E-state index is 0.0351. The Morgan fingerprint density at radius 3 is 1.11 bits per heavy atom. The highest BCUT2D eigenvalue weighted by molar-refractivity contribution is 5.58. The van der Waals surface area contributed by atoms with Crippen molar-refractivity contribution in [2.75, 3.05) is 0 Å². The van der Waals surface area contributed by atoms with E-state index >= 15 is 0 Å². The highest BCUT2D eigenvalue weighted by atomic mass is 16.3. The van der Waals surface area contributed by atoms with Gasteiger partial charge in [0.1, 0.15) is 5.75 Å². The quantitative estimate of drug-likeness (QED) is 0.691. The van der Waals surface area contributed by atoms with Crippen molar-refractivity contribution in [3.8, 4) is 5.75 Å². The van der Waals surface area contributed by atoms with E-state index in [1.807, 2.05) is 0 Å². The third-order valence-corrected chi connectivity index (χ3v) is 3.85. The first-order chi connectivity index (χ1) is 7.89. The van der Waals surface area contributed by atoms with Crippen molar-refractivity contribution >= 4 is 0 Å². The van der Waals surface area contributed by atoms with Crippen LogP contribution in [0.1, 0.15) is 69.4 Å². The Bertz CT molecular complexity index is 427. The molecule has 18 heavy (non-hydrogen) atoms. The van der Waals surface area contributed by atoms with E-state index < -0.39 is 0 Å². The predicted octanol–water partition coefficient (Wildman–Crippen LogP) is 4.91. The lowest BCUT2D eigenvalue weighted by atomic mass is 9.74. The maximum atomic E-state index is 10.7. The highest BCUT2D eigenvalue weighted by Crippen LogP contribution is 2.44. The average Bonchev–Trinajstić information content (AvgIpc) is 2.09. The van der Waals surface area contributed by atoms with E-state index in [1.165, 1.54) is 16.7 Å². The van der Waals surface area contributed by atoms with Gasteiger partial charge in [-0.1, -0.05) is 41.5 Å². The molecule has 0 amide bonds. The van der Waals surface area contributed by atoms with Gasteiger partial charge >= 0.3 is 0 Å². The van der Waals surface area contributed by atoms with Crippen LogP contribution in [0.25, 0.3) is 0 Å². The largest absolute Gasteiger partial charge is 0.507 e. The average molecular weight is 248 g/mol. The fourth-order valence-corrected chi connectivity index (χ4v) is 2.97. The van der Waals surface area contributed by atoms with Crippen molar-refractivity contribution in [3.63, 3.8) is 0 Å². The molecule has 0 aliphatic heterocycles. The number of aromatic hydroxyl groups is 1. The predicted molar refractivity (Wildman–Crippen MR) is 79.7 cm³/mol. The van der Waals surface area contributed by atoms with Crippen LogP contribution in [0.3, 0.4) is 0 Å². The fraction of sp³-hybridized carbons (Fsp3) is 0.647. The van der Waals surface area contributed by atoms with Crippen molar-refractivity contribution in [2.45, 2.75) is 73.1 Å². The summed E-state index contributed by atoms with van der Waals surface area (Å²) in [5, 5.41) is 10.7. The van der Waals surface area contributed by atoms with Gasteiger partial charge in [0, 0.05) is 11.1 Å². The van der Waals surface area contributed by atoms with Crippen LogP contribution in [0.4, 0.5) is 0 Å². The van der Waals surface area contributed by atoms with Crippen LogP contribution in [-0.2, 0) is 10.8 Å². The lowest BCUT2D eigenvalue weighted by molar-refractivity contribution is 0.420. The van der Waals surface area contributed by atoms with Crippen LogP contribution in [0, 0.1) is 20.8 Å². The van der Waals surface area contributed by atoms with Crippen molar-refractivity contribution < 1.29 is 5.11 Å². The molecule has 1 rings (SSSR count). The van der Waals surface area contributed by atoms with E-state index in [9.17, 15) is 5.11 Å². The number of hydrogen-bond acceptors (Lipinski definition) is 1. The molecule has 0 unspecified atom stereocenters. The van der Waals surface area contributed by atoms with Crippen LogP contribution in [0.15, 0.2) is 0 Å². The second-order valence-electron chi connectivity index (χ2n) is 7.47. The Balaban J connectivity index is 3.83. The summed E-state index contributed by atoms with van der Waals surface area (Å²) in [6, 6.07) is 0. The normalized spacial score (nSPS) is 12.9. The molecule has 1 N–H and O–H groups in total. The van der Waals surface area contributed by atoms with Crippen LogP contribution in [0.5, 0.6) is 5.75 Å². The second-order valence-corrected chi connectivity index (χ2v) is 7.47.